The summed E-state index contributed by atoms with van der Waals surface area (Å²) in [4.78, 5) is 22.4. The standard InChI is InChI=1S/C13H17N3O3S/c1-9-2-3-12(16(18)19)11(6-9)15-13(17)7-10-8-20-5-4-14-10/h2-3,6,10,14H,4-5,7-8H2,1H3,(H,15,17). The number of anilines is 1. The fourth-order valence-electron chi connectivity index (χ4n) is 2.09. The second-order valence-corrected chi connectivity index (χ2v) is 5.91. The van der Waals surface area contributed by atoms with E-state index in [2.05, 4.69) is 10.6 Å². The lowest BCUT2D eigenvalue weighted by Gasteiger charge is -2.22. The molecule has 0 radical (unpaired) electrons. The minimum Gasteiger partial charge on any atom is -0.320 e. The number of aryl methyl sites for hydroxylation is 1. The highest BCUT2D eigenvalue weighted by atomic mass is 32.2. The molecule has 0 aliphatic carbocycles. The van der Waals surface area contributed by atoms with Crippen LogP contribution in [-0.2, 0) is 4.79 Å². The fourth-order valence-corrected chi connectivity index (χ4v) is 3.03. The van der Waals surface area contributed by atoms with E-state index >= 15 is 0 Å². The van der Waals surface area contributed by atoms with E-state index in [4.69, 9.17) is 0 Å². The molecular formula is C13H17N3O3S. The predicted octanol–water partition coefficient (Wildman–Crippen LogP) is 1.94. The monoisotopic (exact) mass is 295 g/mol. The number of nitro benzene ring substituents is 1. The molecule has 1 saturated heterocycles. The van der Waals surface area contributed by atoms with Gasteiger partial charge in [0.05, 0.1) is 4.92 Å². The van der Waals surface area contributed by atoms with Gasteiger partial charge in [-0.1, -0.05) is 6.07 Å². The van der Waals surface area contributed by atoms with Gasteiger partial charge in [-0.15, -0.1) is 0 Å². The van der Waals surface area contributed by atoms with Gasteiger partial charge in [0.15, 0.2) is 0 Å². The van der Waals surface area contributed by atoms with Gasteiger partial charge in [0.2, 0.25) is 5.91 Å². The number of carbonyl (C=O) groups excluding carboxylic acids is 1. The first-order valence-electron chi connectivity index (χ1n) is 6.42. The molecule has 1 aliphatic heterocycles. The Labute approximate surface area is 121 Å². The Morgan fingerprint density at radius 3 is 3.05 bits per heavy atom. The van der Waals surface area contributed by atoms with Gasteiger partial charge in [-0.25, -0.2) is 0 Å². The summed E-state index contributed by atoms with van der Waals surface area (Å²) in [6.45, 7) is 2.73. The highest BCUT2D eigenvalue weighted by Gasteiger charge is 2.20. The SMILES string of the molecule is Cc1ccc([N+](=O)[O-])c(NC(=O)CC2CSCCN2)c1. The molecule has 1 atom stereocenters. The molecule has 6 nitrogen and oxygen atoms in total. The summed E-state index contributed by atoms with van der Waals surface area (Å²) in [6.07, 6.45) is 0.331. The minimum absolute atomic E-state index is 0.0741. The van der Waals surface area contributed by atoms with Crippen molar-refractivity contribution in [3.8, 4) is 0 Å². The van der Waals surface area contributed by atoms with Gasteiger partial charge in [0.1, 0.15) is 5.69 Å². The summed E-state index contributed by atoms with van der Waals surface area (Å²) in [5.41, 5.74) is 1.07. The van der Waals surface area contributed by atoms with Crippen LogP contribution in [0, 0.1) is 17.0 Å². The summed E-state index contributed by atoms with van der Waals surface area (Å²) in [5.74, 6) is 1.75. The van der Waals surface area contributed by atoms with Crippen LogP contribution in [0.25, 0.3) is 0 Å². The zero-order chi connectivity index (χ0) is 14.5. The Morgan fingerprint density at radius 1 is 1.60 bits per heavy atom. The highest BCUT2D eigenvalue weighted by molar-refractivity contribution is 7.99. The second-order valence-electron chi connectivity index (χ2n) is 4.76. The van der Waals surface area contributed by atoms with E-state index < -0.39 is 4.92 Å². The van der Waals surface area contributed by atoms with E-state index in [1.165, 1.54) is 6.07 Å². The first-order chi connectivity index (χ1) is 9.56. The Bertz CT molecular complexity index is 516. The lowest BCUT2D eigenvalue weighted by atomic mass is 10.1. The fraction of sp³-hybridized carbons (Fsp3) is 0.462. The number of nitro groups is 1. The van der Waals surface area contributed by atoms with Crippen LogP contribution in [0.4, 0.5) is 11.4 Å². The number of nitrogens with zero attached hydrogens (tertiary/aromatic N) is 1. The third kappa shape index (κ3) is 3.94. The molecule has 0 aromatic heterocycles. The molecule has 2 rings (SSSR count). The maximum Gasteiger partial charge on any atom is 0.292 e. The van der Waals surface area contributed by atoms with Crippen LogP contribution in [-0.4, -0.2) is 34.9 Å². The molecular weight excluding hydrogens is 278 g/mol. The van der Waals surface area contributed by atoms with Crippen molar-refractivity contribution in [1.29, 1.82) is 0 Å². The van der Waals surface area contributed by atoms with Crippen LogP contribution in [0.15, 0.2) is 18.2 Å². The van der Waals surface area contributed by atoms with Gasteiger partial charge in [-0.05, 0) is 18.6 Å². The van der Waals surface area contributed by atoms with Gasteiger partial charge < -0.3 is 10.6 Å². The van der Waals surface area contributed by atoms with Gasteiger partial charge in [0.25, 0.3) is 5.69 Å². The molecule has 7 heteroatoms. The summed E-state index contributed by atoms with van der Waals surface area (Å²) >= 11 is 1.81. The largest absolute Gasteiger partial charge is 0.320 e. The zero-order valence-electron chi connectivity index (χ0n) is 11.2. The third-order valence-electron chi connectivity index (χ3n) is 3.05. The van der Waals surface area contributed by atoms with Crippen LogP contribution in [0.5, 0.6) is 0 Å². The first kappa shape index (κ1) is 14.8. The predicted molar refractivity (Wildman–Crippen MR) is 80.2 cm³/mol. The van der Waals surface area contributed by atoms with Crippen molar-refractivity contribution >= 4 is 29.0 Å². The molecule has 0 spiro atoms. The maximum absolute atomic E-state index is 12.0. The molecule has 108 valence electrons. The van der Waals surface area contributed by atoms with Crippen molar-refractivity contribution < 1.29 is 9.72 Å². The average Bonchev–Trinajstić information content (AvgIpc) is 2.39. The zero-order valence-corrected chi connectivity index (χ0v) is 12.0. The molecule has 0 saturated carbocycles. The van der Waals surface area contributed by atoms with E-state index in [0.29, 0.717) is 6.42 Å². The van der Waals surface area contributed by atoms with Crippen LogP contribution in [0.2, 0.25) is 0 Å². The number of nitrogens with one attached hydrogen (secondary N) is 2. The molecule has 1 heterocycles. The number of carbonyl (C=O) groups is 1. The third-order valence-corrected chi connectivity index (χ3v) is 4.18. The Morgan fingerprint density at radius 2 is 2.40 bits per heavy atom. The normalized spacial score (nSPS) is 18.6. The van der Waals surface area contributed by atoms with Gasteiger partial charge in [-0.3, -0.25) is 14.9 Å². The highest BCUT2D eigenvalue weighted by Crippen LogP contribution is 2.25. The molecule has 0 bridgehead atoms. The number of amides is 1. The molecule has 1 aromatic carbocycles. The summed E-state index contributed by atoms with van der Waals surface area (Å²) in [6, 6.07) is 4.84. The van der Waals surface area contributed by atoms with Crippen LogP contribution in [0.1, 0.15) is 12.0 Å². The second kappa shape index (κ2) is 6.71. The van der Waals surface area contributed by atoms with Crippen molar-refractivity contribution in [3.63, 3.8) is 0 Å². The molecule has 1 amide bonds. The van der Waals surface area contributed by atoms with Crippen molar-refractivity contribution in [2.24, 2.45) is 0 Å². The maximum atomic E-state index is 12.0. The Kier molecular flexibility index (Phi) is 4.97. The van der Waals surface area contributed by atoms with Crippen molar-refractivity contribution in [1.82, 2.24) is 5.32 Å². The molecule has 20 heavy (non-hydrogen) atoms. The Balaban J connectivity index is 2.03. The van der Waals surface area contributed by atoms with Crippen LogP contribution >= 0.6 is 11.8 Å². The topological polar surface area (TPSA) is 84.3 Å². The lowest BCUT2D eigenvalue weighted by molar-refractivity contribution is -0.383. The number of thioether (sulfide) groups is 1. The molecule has 1 fully saturated rings. The van der Waals surface area contributed by atoms with E-state index in [9.17, 15) is 14.9 Å². The Hall–Kier alpha value is -1.60. The van der Waals surface area contributed by atoms with Crippen LogP contribution < -0.4 is 10.6 Å². The smallest absolute Gasteiger partial charge is 0.292 e. The quantitative estimate of drug-likeness (QED) is 0.655. The van der Waals surface area contributed by atoms with Gasteiger partial charge >= 0.3 is 0 Å². The molecule has 1 aliphatic rings. The van der Waals surface area contributed by atoms with Crippen molar-refractivity contribution in [3.05, 3.63) is 33.9 Å². The summed E-state index contributed by atoms with van der Waals surface area (Å²) in [7, 11) is 0. The molecule has 1 unspecified atom stereocenters. The van der Waals surface area contributed by atoms with Crippen LogP contribution in [0.3, 0.4) is 0 Å². The lowest BCUT2D eigenvalue weighted by Crippen LogP contribution is -2.39. The average molecular weight is 295 g/mol. The molecule has 2 N–H and O–H groups in total. The summed E-state index contributed by atoms with van der Waals surface area (Å²) in [5, 5.41) is 16.9. The van der Waals surface area contributed by atoms with Crippen molar-refractivity contribution in [2.45, 2.75) is 19.4 Å². The minimum atomic E-state index is -0.482. The number of rotatable bonds is 4. The van der Waals surface area contributed by atoms with E-state index in [1.807, 2.05) is 18.7 Å². The first-order valence-corrected chi connectivity index (χ1v) is 7.58. The number of hydrogen-bond donors (Lipinski definition) is 2. The van der Waals surface area contributed by atoms with E-state index in [-0.39, 0.29) is 23.3 Å². The van der Waals surface area contributed by atoms with Gasteiger partial charge in [0, 0.05) is 36.6 Å². The van der Waals surface area contributed by atoms with Gasteiger partial charge in [-0.2, -0.15) is 11.8 Å². The van der Waals surface area contributed by atoms with Crippen molar-refractivity contribution in [2.75, 3.05) is 23.4 Å². The van der Waals surface area contributed by atoms with E-state index in [1.54, 1.807) is 12.1 Å². The van der Waals surface area contributed by atoms with E-state index in [0.717, 1.165) is 23.6 Å². The summed E-state index contributed by atoms with van der Waals surface area (Å²) < 4.78 is 0. The number of hydrogen-bond acceptors (Lipinski definition) is 5. The number of benzene rings is 1. The molecule has 1 aromatic rings.